The van der Waals surface area contributed by atoms with Gasteiger partial charge in [0.1, 0.15) is 5.75 Å². The van der Waals surface area contributed by atoms with Gasteiger partial charge < -0.3 is 14.8 Å². The van der Waals surface area contributed by atoms with E-state index in [2.05, 4.69) is 54.2 Å². The van der Waals surface area contributed by atoms with Crippen LogP contribution in [0.25, 0.3) is 0 Å². The van der Waals surface area contributed by atoms with Crippen molar-refractivity contribution in [3.63, 3.8) is 0 Å². The molecule has 1 saturated heterocycles. The van der Waals surface area contributed by atoms with Gasteiger partial charge in [0.15, 0.2) is 0 Å². The van der Waals surface area contributed by atoms with Gasteiger partial charge in [0, 0.05) is 24.6 Å². The lowest BCUT2D eigenvalue weighted by Gasteiger charge is -2.21. The zero-order valence-electron chi connectivity index (χ0n) is 12.5. The Balaban J connectivity index is 1.88. The van der Waals surface area contributed by atoms with Crippen LogP contribution >= 0.6 is 15.9 Å². The van der Waals surface area contributed by atoms with Gasteiger partial charge in [0.25, 0.3) is 0 Å². The molecule has 0 aliphatic carbocycles. The third-order valence-electron chi connectivity index (χ3n) is 3.32. The maximum atomic E-state index is 5.87. The number of benzene rings is 1. The minimum absolute atomic E-state index is 0.129. The molecular formula is C16H24BrNO2. The Bertz CT molecular complexity index is 437. The summed E-state index contributed by atoms with van der Waals surface area (Å²) >= 11 is 3.59. The first-order valence-corrected chi connectivity index (χ1v) is 7.97. The molecule has 1 heterocycles. The molecule has 1 fully saturated rings. The minimum atomic E-state index is 0.129. The predicted molar refractivity (Wildman–Crippen MR) is 85.2 cm³/mol. The van der Waals surface area contributed by atoms with Crippen molar-refractivity contribution in [2.45, 2.75) is 39.3 Å². The largest absolute Gasteiger partial charge is 0.492 e. The summed E-state index contributed by atoms with van der Waals surface area (Å²) in [6, 6.07) is 6.28. The van der Waals surface area contributed by atoms with E-state index in [-0.39, 0.29) is 5.54 Å². The molecule has 0 saturated carbocycles. The fourth-order valence-corrected chi connectivity index (χ4v) is 2.60. The molecule has 1 unspecified atom stereocenters. The van der Waals surface area contributed by atoms with Crippen LogP contribution in [-0.2, 0) is 11.3 Å². The average Bonchev–Trinajstić information content (AvgIpc) is 2.87. The molecular weight excluding hydrogens is 318 g/mol. The maximum Gasteiger partial charge on any atom is 0.133 e. The van der Waals surface area contributed by atoms with E-state index in [0.717, 1.165) is 43.0 Å². The van der Waals surface area contributed by atoms with Crippen LogP contribution in [0.4, 0.5) is 0 Å². The molecule has 0 spiro atoms. The molecule has 1 aromatic carbocycles. The fraction of sp³-hybridized carbons (Fsp3) is 0.625. The number of rotatable bonds is 5. The van der Waals surface area contributed by atoms with Crippen molar-refractivity contribution in [3.8, 4) is 5.75 Å². The molecule has 112 valence electrons. The first kappa shape index (κ1) is 15.8. The molecule has 0 amide bonds. The smallest absolute Gasteiger partial charge is 0.133 e. The number of hydrogen-bond donors (Lipinski definition) is 1. The van der Waals surface area contributed by atoms with E-state index in [0.29, 0.717) is 5.92 Å². The maximum absolute atomic E-state index is 5.87. The first-order chi connectivity index (χ1) is 9.44. The Kier molecular flexibility index (Phi) is 5.47. The van der Waals surface area contributed by atoms with Crippen molar-refractivity contribution in [2.24, 2.45) is 5.92 Å². The van der Waals surface area contributed by atoms with Crippen molar-refractivity contribution in [3.05, 3.63) is 28.2 Å². The number of nitrogens with one attached hydrogen (secondary N) is 1. The van der Waals surface area contributed by atoms with Crippen LogP contribution in [-0.4, -0.2) is 25.4 Å². The lowest BCUT2D eigenvalue weighted by Crippen LogP contribution is -2.35. The molecule has 4 heteroatoms. The summed E-state index contributed by atoms with van der Waals surface area (Å²) in [6.07, 6.45) is 1.10. The zero-order chi connectivity index (χ0) is 14.6. The quantitative estimate of drug-likeness (QED) is 0.884. The molecule has 0 radical (unpaired) electrons. The van der Waals surface area contributed by atoms with Crippen molar-refractivity contribution in [2.75, 3.05) is 19.8 Å². The van der Waals surface area contributed by atoms with Crippen LogP contribution in [0.1, 0.15) is 32.8 Å². The second-order valence-corrected chi connectivity index (χ2v) is 7.26. The third kappa shape index (κ3) is 5.08. The van der Waals surface area contributed by atoms with Crippen molar-refractivity contribution < 1.29 is 9.47 Å². The van der Waals surface area contributed by atoms with Gasteiger partial charge in [-0.15, -0.1) is 0 Å². The lowest BCUT2D eigenvalue weighted by molar-refractivity contribution is 0.167. The van der Waals surface area contributed by atoms with E-state index in [4.69, 9.17) is 9.47 Å². The summed E-state index contributed by atoms with van der Waals surface area (Å²) in [5.41, 5.74) is 1.38. The second-order valence-electron chi connectivity index (χ2n) is 6.41. The van der Waals surface area contributed by atoms with E-state index >= 15 is 0 Å². The second kappa shape index (κ2) is 6.92. The summed E-state index contributed by atoms with van der Waals surface area (Å²) in [5, 5.41) is 3.48. The van der Waals surface area contributed by atoms with E-state index < -0.39 is 0 Å². The van der Waals surface area contributed by atoms with E-state index in [1.165, 1.54) is 5.56 Å². The van der Waals surface area contributed by atoms with Crippen LogP contribution in [0.2, 0.25) is 0 Å². The Morgan fingerprint density at radius 1 is 1.40 bits per heavy atom. The summed E-state index contributed by atoms with van der Waals surface area (Å²) < 4.78 is 12.3. The predicted octanol–water partition coefficient (Wildman–Crippen LogP) is 3.75. The Morgan fingerprint density at radius 2 is 2.20 bits per heavy atom. The van der Waals surface area contributed by atoms with Crippen LogP contribution in [0, 0.1) is 5.92 Å². The van der Waals surface area contributed by atoms with Crippen LogP contribution < -0.4 is 10.1 Å². The Labute approximate surface area is 130 Å². The highest BCUT2D eigenvalue weighted by Gasteiger charge is 2.17. The standard InChI is InChI=1S/C16H24BrNO2/c1-16(2,3)18-9-12-4-5-15(14(17)8-12)20-11-13-6-7-19-10-13/h4-5,8,13,18H,6-7,9-11H2,1-3H3. The molecule has 2 rings (SSSR count). The topological polar surface area (TPSA) is 30.5 Å². The van der Waals surface area contributed by atoms with Crippen LogP contribution in [0.5, 0.6) is 5.75 Å². The van der Waals surface area contributed by atoms with Crippen LogP contribution in [0.3, 0.4) is 0 Å². The van der Waals surface area contributed by atoms with E-state index in [1.54, 1.807) is 0 Å². The van der Waals surface area contributed by atoms with Gasteiger partial charge in [0.2, 0.25) is 0 Å². The molecule has 0 aromatic heterocycles. The molecule has 1 aliphatic rings. The molecule has 1 aliphatic heterocycles. The zero-order valence-corrected chi connectivity index (χ0v) is 14.1. The average molecular weight is 342 g/mol. The summed E-state index contributed by atoms with van der Waals surface area (Å²) in [7, 11) is 0. The van der Waals surface area contributed by atoms with Gasteiger partial charge in [-0.25, -0.2) is 0 Å². The number of hydrogen-bond acceptors (Lipinski definition) is 3. The van der Waals surface area contributed by atoms with Gasteiger partial charge in [-0.05, 0) is 60.8 Å². The Hall–Kier alpha value is -0.580. The van der Waals surface area contributed by atoms with Crippen molar-refractivity contribution in [1.82, 2.24) is 5.32 Å². The monoisotopic (exact) mass is 341 g/mol. The fourth-order valence-electron chi connectivity index (χ4n) is 2.06. The number of ether oxygens (including phenoxy) is 2. The highest BCUT2D eigenvalue weighted by molar-refractivity contribution is 9.10. The van der Waals surface area contributed by atoms with E-state index in [9.17, 15) is 0 Å². The number of halogens is 1. The highest BCUT2D eigenvalue weighted by atomic mass is 79.9. The summed E-state index contributed by atoms with van der Waals surface area (Å²) in [5.74, 6) is 1.44. The molecule has 3 nitrogen and oxygen atoms in total. The van der Waals surface area contributed by atoms with Gasteiger partial charge in [-0.2, -0.15) is 0 Å². The molecule has 0 bridgehead atoms. The normalized spacial score (nSPS) is 19.3. The lowest BCUT2D eigenvalue weighted by atomic mass is 10.1. The molecule has 1 N–H and O–H groups in total. The van der Waals surface area contributed by atoms with Crippen molar-refractivity contribution in [1.29, 1.82) is 0 Å². The van der Waals surface area contributed by atoms with Gasteiger partial charge >= 0.3 is 0 Å². The minimum Gasteiger partial charge on any atom is -0.492 e. The third-order valence-corrected chi connectivity index (χ3v) is 3.94. The summed E-state index contributed by atoms with van der Waals surface area (Å²) in [6.45, 7) is 9.80. The van der Waals surface area contributed by atoms with Crippen molar-refractivity contribution >= 4 is 15.9 Å². The molecule has 1 aromatic rings. The molecule has 1 atom stereocenters. The Morgan fingerprint density at radius 3 is 2.80 bits per heavy atom. The first-order valence-electron chi connectivity index (χ1n) is 7.18. The van der Waals surface area contributed by atoms with Gasteiger partial charge in [0.05, 0.1) is 17.7 Å². The van der Waals surface area contributed by atoms with Crippen LogP contribution in [0.15, 0.2) is 22.7 Å². The molecule has 20 heavy (non-hydrogen) atoms. The SMILES string of the molecule is CC(C)(C)NCc1ccc(OCC2CCOC2)c(Br)c1. The van der Waals surface area contributed by atoms with E-state index in [1.807, 2.05) is 6.07 Å². The highest BCUT2D eigenvalue weighted by Crippen LogP contribution is 2.27. The van der Waals surface area contributed by atoms with Gasteiger partial charge in [-0.1, -0.05) is 6.07 Å². The van der Waals surface area contributed by atoms with Gasteiger partial charge in [-0.3, -0.25) is 0 Å². The summed E-state index contributed by atoms with van der Waals surface area (Å²) in [4.78, 5) is 0.